The highest BCUT2D eigenvalue weighted by molar-refractivity contribution is 7.18. The fraction of sp³-hybridized carbons (Fsp3) is 0.533. The lowest BCUT2D eigenvalue weighted by atomic mass is 9.89. The molecule has 0 saturated heterocycles. The van der Waals surface area contributed by atoms with Crippen LogP contribution in [0.4, 0.5) is 0 Å². The third kappa shape index (κ3) is 2.37. The van der Waals surface area contributed by atoms with Gasteiger partial charge >= 0.3 is 5.97 Å². The van der Waals surface area contributed by atoms with Crippen LogP contribution >= 0.6 is 11.3 Å². The lowest BCUT2D eigenvalue weighted by molar-refractivity contribution is -0.137. The minimum absolute atomic E-state index is 0.189. The van der Waals surface area contributed by atoms with E-state index in [0.717, 1.165) is 29.7 Å². The molecule has 6 heteroatoms. The summed E-state index contributed by atoms with van der Waals surface area (Å²) in [6, 6.07) is 0. The molecule has 1 aliphatic carbocycles. The first-order valence-electron chi connectivity index (χ1n) is 7.27. The number of aryl methyl sites for hydroxylation is 2. The van der Waals surface area contributed by atoms with Gasteiger partial charge in [-0.05, 0) is 30.7 Å². The molecule has 5 nitrogen and oxygen atoms in total. The highest BCUT2D eigenvalue weighted by Crippen LogP contribution is 2.35. The zero-order valence-corrected chi connectivity index (χ0v) is 13.0. The number of carboxylic acids is 1. The average Bonchev–Trinajstić information content (AvgIpc) is 2.78. The number of carbonyl (C=O) groups is 1. The molecule has 2 aromatic rings. The summed E-state index contributed by atoms with van der Waals surface area (Å²) >= 11 is 1.60. The Morgan fingerprint density at radius 3 is 2.95 bits per heavy atom. The lowest BCUT2D eigenvalue weighted by Gasteiger charge is -2.17. The van der Waals surface area contributed by atoms with Crippen molar-refractivity contribution in [2.45, 2.75) is 46.1 Å². The summed E-state index contributed by atoms with van der Waals surface area (Å²) in [6.45, 7) is 3.80. The highest BCUT2D eigenvalue weighted by atomic mass is 32.1. The Hall–Kier alpha value is -1.69. The molecule has 112 valence electrons. The zero-order chi connectivity index (χ0) is 15.1. The molecule has 0 amide bonds. The Kier molecular flexibility index (Phi) is 3.57. The van der Waals surface area contributed by atoms with Crippen molar-refractivity contribution in [3.05, 3.63) is 26.6 Å². The fourth-order valence-corrected chi connectivity index (χ4v) is 4.43. The van der Waals surface area contributed by atoms with Crippen LogP contribution in [0.15, 0.2) is 4.79 Å². The van der Waals surface area contributed by atoms with Crippen molar-refractivity contribution in [3.8, 4) is 0 Å². The summed E-state index contributed by atoms with van der Waals surface area (Å²) in [6.07, 6.45) is 3.52. The molecule has 3 rings (SSSR count). The maximum atomic E-state index is 12.7. The van der Waals surface area contributed by atoms with E-state index in [4.69, 9.17) is 5.11 Å². The minimum atomic E-state index is -1.01. The largest absolute Gasteiger partial charge is 0.480 e. The molecule has 0 saturated carbocycles. The second-order valence-corrected chi connectivity index (χ2v) is 6.78. The molecular weight excluding hydrogens is 288 g/mol. The van der Waals surface area contributed by atoms with E-state index in [2.05, 4.69) is 11.9 Å². The van der Waals surface area contributed by atoms with Crippen LogP contribution < -0.4 is 5.56 Å². The first kappa shape index (κ1) is 14.3. The molecule has 1 unspecified atom stereocenters. The molecule has 0 fully saturated rings. The van der Waals surface area contributed by atoms with Gasteiger partial charge in [-0.15, -0.1) is 11.3 Å². The van der Waals surface area contributed by atoms with Crippen LogP contribution in [0.3, 0.4) is 0 Å². The van der Waals surface area contributed by atoms with E-state index in [1.165, 1.54) is 9.44 Å². The summed E-state index contributed by atoms with van der Waals surface area (Å²) in [5.74, 6) is 0.185. The Morgan fingerprint density at radius 1 is 1.52 bits per heavy atom. The van der Waals surface area contributed by atoms with E-state index < -0.39 is 5.97 Å². The van der Waals surface area contributed by atoms with E-state index in [0.29, 0.717) is 23.5 Å². The van der Waals surface area contributed by atoms with Gasteiger partial charge in [-0.25, -0.2) is 4.98 Å². The number of fused-ring (bicyclic) bond motifs is 3. The van der Waals surface area contributed by atoms with Crippen LogP contribution in [0, 0.1) is 5.92 Å². The van der Waals surface area contributed by atoms with Gasteiger partial charge in [0.2, 0.25) is 0 Å². The lowest BCUT2D eigenvalue weighted by Crippen LogP contribution is -2.28. The Morgan fingerprint density at radius 2 is 2.29 bits per heavy atom. The normalized spacial score (nSPS) is 17.9. The van der Waals surface area contributed by atoms with Crippen molar-refractivity contribution in [3.63, 3.8) is 0 Å². The second kappa shape index (κ2) is 5.26. The van der Waals surface area contributed by atoms with Gasteiger partial charge in [-0.2, -0.15) is 0 Å². The van der Waals surface area contributed by atoms with Crippen LogP contribution in [0.1, 0.15) is 36.5 Å². The molecule has 2 aromatic heterocycles. The smallest absolute Gasteiger partial charge is 0.323 e. The number of carboxylic acid groups (broad SMARTS) is 1. The van der Waals surface area contributed by atoms with Crippen molar-refractivity contribution in [2.75, 3.05) is 0 Å². The molecule has 0 aromatic carbocycles. The Bertz CT molecular complexity index is 775. The summed E-state index contributed by atoms with van der Waals surface area (Å²) < 4.78 is 1.32. The number of nitrogens with zero attached hydrogens (tertiary/aromatic N) is 2. The monoisotopic (exact) mass is 306 g/mol. The number of thiophene rings is 1. The Labute approximate surface area is 126 Å². The van der Waals surface area contributed by atoms with Gasteiger partial charge in [0.1, 0.15) is 17.2 Å². The van der Waals surface area contributed by atoms with Crippen molar-refractivity contribution >= 4 is 27.5 Å². The van der Waals surface area contributed by atoms with Crippen molar-refractivity contribution in [2.24, 2.45) is 5.92 Å². The third-order valence-corrected chi connectivity index (χ3v) is 5.25. The molecule has 1 atom stereocenters. The maximum Gasteiger partial charge on any atom is 0.323 e. The average molecular weight is 306 g/mol. The molecule has 0 aliphatic heterocycles. The van der Waals surface area contributed by atoms with Gasteiger partial charge in [-0.3, -0.25) is 14.2 Å². The summed E-state index contributed by atoms with van der Waals surface area (Å²) in [5, 5.41) is 9.68. The molecule has 2 heterocycles. The maximum absolute atomic E-state index is 12.7. The second-order valence-electron chi connectivity index (χ2n) is 5.70. The van der Waals surface area contributed by atoms with E-state index >= 15 is 0 Å². The van der Waals surface area contributed by atoms with Gasteiger partial charge < -0.3 is 5.11 Å². The molecular formula is C15H18N2O3S. The van der Waals surface area contributed by atoms with E-state index in [1.54, 1.807) is 11.3 Å². The number of aliphatic carboxylic acids is 1. The van der Waals surface area contributed by atoms with Gasteiger partial charge in [0, 0.05) is 11.3 Å². The Balaban J connectivity index is 2.27. The first-order valence-corrected chi connectivity index (χ1v) is 8.08. The van der Waals surface area contributed by atoms with E-state index in [1.807, 2.05) is 6.92 Å². The van der Waals surface area contributed by atoms with Gasteiger partial charge in [0.05, 0.1) is 5.39 Å². The van der Waals surface area contributed by atoms with Crippen LogP contribution in [-0.2, 0) is 30.6 Å². The minimum Gasteiger partial charge on any atom is -0.480 e. The van der Waals surface area contributed by atoms with Crippen molar-refractivity contribution in [1.29, 1.82) is 0 Å². The molecule has 0 radical (unpaired) electrons. The van der Waals surface area contributed by atoms with Gasteiger partial charge in [0.25, 0.3) is 5.56 Å². The van der Waals surface area contributed by atoms with Crippen molar-refractivity contribution in [1.82, 2.24) is 9.55 Å². The van der Waals surface area contributed by atoms with Crippen LogP contribution in [0.2, 0.25) is 0 Å². The molecule has 0 bridgehead atoms. The first-order chi connectivity index (χ1) is 10.0. The summed E-state index contributed by atoms with van der Waals surface area (Å²) in [5.41, 5.74) is 0.915. The van der Waals surface area contributed by atoms with Crippen LogP contribution in [-0.4, -0.2) is 20.6 Å². The number of aromatic nitrogens is 2. The van der Waals surface area contributed by atoms with Gasteiger partial charge in [-0.1, -0.05) is 13.8 Å². The number of rotatable bonds is 3. The standard InChI is InChI=1S/C15H18N2O3S/c1-3-11-16-14-13(15(20)17(11)7-12(18)19)9-5-4-8(2)6-10(9)21-14/h8H,3-7H2,1-2H3,(H,18,19). The van der Waals surface area contributed by atoms with E-state index in [-0.39, 0.29) is 12.1 Å². The topological polar surface area (TPSA) is 72.2 Å². The SMILES string of the molecule is CCc1nc2sc3c(c2c(=O)n1CC(=O)O)CCC(C)C3. The number of hydrogen-bond donors (Lipinski definition) is 1. The molecule has 0 spiro atoms. The van der Waals surface area contributed by atoms with Crippen LogP contribution in [0.5, 0.6) is 0 Å². The zero-order valence-electron chi connectivity index (χ0n) is 12.2. The predicted molar refractivity (Wildman–Crippen MR) is 82.1 cm³/mol. The third-order valence-electron chi connectivity index (χ3n) is 4.10. The molecule has 1 aliphatic rings. The highest BCUT2D eigenvalue weighted by Gasteiger charge is 2.24. The summed E-state index contributed by atoms with van der Waals surface area (Å²) in [7, 11) is 0. The van der Waals surface area contributed by atoms with Crippen LogP contribution in [0.25, 0.3) is 10.2 Å². The molecule has 1 N–H and O–H groups in total. The fourth-order valence-electron chi connectivity index (χ4n) is 3.03. The quantitative estimate of drug-likeness (QED) is 0.944. The molecule has 21 heavy (non-hydrogen) atoms. The predicted octanol–water partition coefficient (Wildman–Crippen LogP) is 2.23. The summed E-state index contributed by atoms with van der Waals surface area (Å²) in [4.78, 5) is 30.3. The van der Waals surface area contributed by atoms with Crippen molar-refractivity contribution < 1.29 is 9.90 Å². The van der Waals surface area contributed by atoms with E-state index in [9.17, 15) is 9.59 Å². The number of hydrogen-bond acceptors (Lipinski definition) is 4. The van der Waals surface area contributed by atoms with Gasteiger partial charge in [0.15, 0.2) is 0 Å².